The van der Waals surface area contributed by atoms with E-state index in [1.165, 1.54) is 23.8 Å². The van der Waals surface area contributed by atoms with E-state index in [0.29, 0.717) is 30.9 Å². The summed E-state index contributed by atoms with van der Waals surface area (Å²) in [6.07, 6.45) is 0.810. The van der Waals surface area contributed by atoms with E-state index in [-0.39, 0.29) is 47.6 Å². The van der Waals surface area contributed by atoms with E-state index in [1.807, 2.05) is 0 Å². The van der Waals surface area contributed by atoms with E-state index in [0.717, 1.165) is 4.57 Å². The highest BCUT2D eigenvalue weighted by molar-refractivity contribution is 7.91. The molecular formula is C22H28FN5O5S. The molecule has 4 rings (SSSR count). The van der Waals surface area contributed by atoms with Gasteiger partial charge in [0.25, 0.3) is 5.56 Å². The van der Waals surface area contributed by atoms with Crippen molar-refractivity contribution >= 4 is 26.9 Å². The van der Waals surface area contributed by atoms with Crippen LogP contribution in [-0.4, -0.2) is 51.8 Å². The highest BCUT2D eigenvalue weighted by Crippen LogP contribution is 2.24. The minimum atomic E-state index is -3.05. The fraction of sp³-hybridized carbons (Fsp3) is 0.500. The van der Waals surface area contributed by atoms with Crippen LogP contribution in [0.15, 0.2) is 27.8 Å². The SMILES string of the molecule is CCn1c(=O)c2c(nc(NC3CCS(=O)(=O)CC3)n2Cc2ccc(OC)c(F)c2)n(CC)c1=O. The lowest BCUT2D eigenvalue weighted by Crippen LogP contribution is -2.40. The molecule has 0 spiro atoms. The van der Waals surface area contributed by atoms with E-state index in [2.05, 4.69) is 10.3 Å². The van der Waals surface area contributed by atoms with Gasteiger partial charge in [-0.1, -0.05) is 6.07 Å². The molecule has 0 atom stereocenters. The number of benzene rings is 1. The van der Waals surface area contributed by atoms with Gasteiger partial charge in [-0.2, -0.15) is 4.98 Å². The molecule has 1 aromatic carbocycles. The number of sulfone groups is 1. The summed E-state index contributed by atoms with van der Waals surface area (Å²) < 4.78 is 47.3. The maximum absolute atomic E-state index is 14.4. The molecule has 34 heavy (non-hydrogen) atoms. The number of halogens is 1. The molecular weight excluding hydrogens is 465 g/mol. The number of fused-ring (bicyclic) bond motifs is 1. The summed E-state index contributed by atoms with van der Waals surface area (Å²) in [5.41, 5.74) is 0.113. The van der Waals surface area contributed by atoms with Crippen LogP contribution in [0.5, 0.6) is 5.75 Å². The highest BCUT2D eigenvalue weighted by atomic mass is 32.2. The molecule has 0 saturated carbocycles. The van der Waals surface area contributed by atoms with E-state index in [9.17, 15) is 22.4 Å². The quantitative estimate of drug-likeness (QED) is 0.531. The zero-order valence-corrected chi connectivity index (χ0v) is 20.2. The van der Waals surface area contributed by atoms with E-state index < -0.39 is 26.9 Å². The van der Waals surface area contributed by atoms with E-state index >= 15 is 0 Å². The molecule has 1 fully saturated rings. The first-order valence-electron chi connectivity index (χ1n) is 11.2. The zero-order chi connectivity index (χ0) is 24.6. The summed E-state index contributed by atoms with van der Waals surface area (Å²) in [5.74, 6) is 0.0402. The molecule has 0 aliphatic carbocycles. The number of hydrogen-bond donors (Lipinski definition) is 1. The van der Waals surface area contributed by atoms with Crippen LogP contribution in [0.25, 0.3) is 11.2 Å². The number of rotatable bonds is 7. The van der Waals surface area contributed by atoms with Crippen LogP contribution < -0.4 is 21.3 Å². The Morgan fingerprint density at radius 2 is 1.79 bits per heavy atom. The normalized spacial score (nSPS) is 16.1. The van der Waals surface area contributed by atoms with Crippen molar-refractivity contribution in [3.8, 4) is 5.75 Å². The molecule has 3 aromatic rings. The van der Waals surface area contributed by atoms with Crippen molar-refractivity contribution in [2.45, 2.75) is 52.4 Å². The number of nitrogens with zero attached hydrogens (tertiary/aromatic N) is 4. The number of aryl methyl sites for hydroxylation is 1. The average molecular weight is 494 g/mol. The fourth-order valence-corrected chi connectivity index (χ4v) is 5.82. The second kappa shape index (κ2) is 9.24. The smallest absolute Gasteiger partial charge is 0.332 e. The molecule has 0 bridgehead atoms. The van der Waals surface area contributed by atoms with Crippen molar-refractivity contribution in [3.63, 3.8) is 0 Å². The van der Waals surface area contributed by atoms with Crippen molar-refractivity contribution in [2.24, 2.45) is 0 Å². The number of hydrogen-bond acceptors (Lipinski definition) is 7. The number of ether oxygens (including phenoxy) is 1. The number of nitrogens with one attached hydrogen (secondary N) is 1. The fourth-order valence-electron chi connectivity index (χ4n) is 4.33. The second-order valence-corrected chi connectivity index (χ2v) is 10.6. The third-order valence-electron chi connectivity index (χ3n) is 6.19. The van der Waals surface area contributed by atoms with Gasteiger partial charge in [-0.05, 0) is 44.4 Å². The second-order valence-electron chi connectivity index (χ2n) is 8.31. The molecule has 2 aromatic heterocycles. The number of methoxy groups -OCH3 is 1. The van der Waals surface area contributed by atoms with Gasteiger partial charge in [0.1, 0.15) is 9.84 Å². The van der Waals surface area contributed by atoms with Crippen molar-refractivity contribution in [2.75, 3.05) is 23.9 Å². The first kappa shape index (κ1) is 24.0. The summed E-state index contributed by atoms with van der Waals surface area (Å²) in [6.45, 7) is 4.13. The predicted molar refractivity (Wildman–Crippen MR) is 127 cm³/mol. The van der Waals surface area contributed by atoms with Gasteiger partial charge in [-0.15, -0.1) is 0 Å². The van der Waals surface area contributed by atoms with Crippen LogP contribution >= 0.6 is 0 Å². The first-order valence-corrected chi connectivity index (χ1v) is 13.0. The third kappa shape index (κ3) is 4.33. The molecule has 1 aliphatic rings. The van der Waals surface area contributed by atoms with Gasteiger partial charge >= 0.3 is 5.69 Å². The van der Waals surface area contributed by atoms with Gasteiger partial charge in [0.15, 0.2) is 22.7 Å². The van der Waals surface area contributed by atoms with Crippen LogP contribution in [0.1, 0.15) is 32.3 Å². The summed E-state index contributed by atoms with van der Waals surface area (Å²) in [4.78, 5) is 30.7. The van der Waals surface area contributed by atoms with Gasteiger partial charge in [-0.3, -0.25) is 18.5 Å². The number of anilines is 1. The Bertz CT molecular complexity index is 1440. The van der Waals surface area contributed by atoms with Crippen LogP contribution in [-0.2, 0) is 29.5 Å². The van der Waals surface area contributed by atoms with Gasteiger partial charge in [0.2, 0.25) is 5.95 Å². The molecule has 0 radical (unpaired) electrons. The average Bonchev–Trinajstić information content (AvgIpc) is 3.13. The lowest BCUT2D eigenvalue weighted by molar-refractivity contribution is 0.386. The van der Waals surface area contributed by atoms with Crippen molar-refractivity contribution < 1.29 is 17.5 Å². The molecule has 1 saturated heterocycles. The Balaban J connectivity index is 1.87. The molecule has 1 N–H and O–H groups in total. The maximum atomic E-state index is 14.4. The van der Waals surface area contributed by atoms with Crippen LogP contribution in [0.4, 0.5) is 10.3 Å². The Morgan fingerprint density at radius 1 is 1.12 bits per heavy atom. The van der Waals surface area contributed by atoms with Crippen LogP contribution in [0.2, 0.25) is 0 Å². The van der Waals surface area contributed by atoms with Crippen molar-refractivity contribution in [1.29, 1.82) is 0 Å². The molecule has 1 aliphatic heterocycles. The largest absolute Gasteiger partial charge is 0.494 e. The molecule has 0 unspecified atom stereocenters. The Hall–Kier alpha value is -3.15. The lowest BCUT2D eigenvalue weighted by atomic mass is 10.1. The van der Waals surface area contributed by atoms with Crippen LogP contribution in [0.3, 0.4) is 0 Å². The van der Waals surface area contributed by atoms with Crippen molar-refractivity contribution in [1.82, 2.24) is 18.7 Å². The monoisotopic (exact) mass is 493 g/mol. The van der Waals surface area contributed by atoms with Gasteiger partial charge in [-0.25, -0.2) is 17.6 Å². The predicted octanol–water partition coefficient (Wildman–Crippen LogP) is 1.58. The summed E-state index contributed by atoms with van der Waals surface area (Å²) in [5, 5.41) is 3.28. The van der Waals surface area contributed by atoms with Crippen LogP contribution in [0, 0.1) is 5.82 Å². The Labute approximate surface area is 195 Å². The van der Waals surface area contributed by atoms with Gasteiger partial charge < -0.3 is 10.1 Å². The standard InChI is InChI=1S/C22H28FN5O5S/c1-4-26-19-18(20(29)27(5-2)22(26)30)28(13-14-6-7-17(33-3)16(23)12-14)21(25-19)24-15-8-10-34(31,32)11-9-15/h6-7,12,15H,4-5,8-11,13H2,1-3H3,(H,24,25). The summed E-state index contributed by atoms with van der Waals surface area (Å²) in [7, 11) is -1.67. The molecule has 3 heterocycles. The molecule has 12 heteroatoms. The van der Waals surface area contributed by atoms with E-state index in [4.69, 9.17) is 4.74 Å². The van der Waals surface area contributed by atoms with Crippen molar-refractivity contribution in [3.05, 3.63) is 50.4 Å². The van der Waals surface area contributed by atoms with E-state index in [1.54, 1.807) is 24.5 Å². The molecule has 10 nitrogen and oxygen atoms in total. The molecule has 184 valence electrons. The highest BCUT2D eigenvalue weighted by Gasteiger charge is 2.27. The maximum Gasteiger partial charge on any atom is 0.332 e. The van der Waals surface area contributed by atoms with Gasteiger partial charge in [0.05, 0.1) is 25.2 Å². The molecule has 0 amide bonds. The Kier molecular flexibility index (Phi) is 6.52. The zero-order valence-electron chi connectivity index (χ0n) is 19.4. The topological polar surface area (TPSA) is 117 Å². The summed E-state index contributed by atoms with van der Waals surface area (Å²) >= 11 is 0. The minimum Gasteiger partial charge on any atom is -0.494 e. The lowest BCUT2D eigenvalue weighted by Gasteiger charge is -2.24. The number of aromatic nitrogens is 4. The number of imidazole rings is 1. The van der Waals surface area contributed by atoms with Gasteiger partial charge in [0, 0.05) is 19.1 Å². The first-order chi connectivity index (χ1) is 16.2. The Morgan fingerprint density at radius 3 is 2.38 bits per heavy atom. The third-order valence-corrected chi connectivity index (χ3v) is 7.91. The minimum absolute atomic E-state index is 0.0664. The summed E-state index contributed by atoms with van der Waals surface area (Å²) in [6, 6.07) is 4.37.